The zero-order valence-electron chi connectivity index (χ0n) is 15.6. The standard InChI is InChI=1S/C18H24BrN5O4/c19-16-2-1-14(28-16)11-22-5-3-18(26,4-6-22)13-24-12-15(20-21-24)17(25)23-7-9-27-10-8-23/h1-2,12,26H,3-11,13H2. The maximum absolute atomic E-state index is 12.5. The molecule has 10 heteroatoms. The number of amides is 1. The van der Waals surface area contributed by atoms with E-state index in [1.807, 2.05) is 12.1 Å². The van der Waals surface area contributed by atoms with Gasteiger partial charge in [-0.2, -0.15) is 0 Å². The lowest BCUT2D eigenvalue weighted by molar-refractivity contribution is -0.0394. The second-order valence-corrected chi connectivity index (χ2v) is 8.19. The van der Waals surface area contributed by atoms with Gasteiger partial charge in [-0.05, 0) is 40.9 Å². The van der Waals surface area contributed by atoms with Crippen LogP contribution in [0.4, 0.5) is 0 Å². The molecule has 2 saturated heterocycles. The van der Waals surface area contributed by atoms with Crippen molar-refractivity contribution >= 4 is 21.8 Å². The molecule has 0 spiro atoms. The molecule has 152 valence electrons. The number of nitrogens with zero attached hydrogens (tertiary/aromatic N) is 5. The van der Waals surface area contributed by atoms with E-state index in [0.29, 0.717) is 51.4 Å². The predicted octanol–water partition coefficient (Wildman–Crippen LogP) is 1.13. The Morgan fingerprint density at radius 3 is 2.64 bits per heavy atom. The number of carbonyl (C=O) groups excluding carboxylic acids is 1. The summed E-state index contributed by atoms with van der Waals surface area (Å²) in [5.41, 5.74) is -0.543. The number of hydrogen-bond acceptors (Lipinski definition) is 7. The van der Waals surface area contributed by atoms with Gasteiger partial charge in [0.1, 0.15) is 5.76 Å². The van der Waals surface area contributed by atoms with E-state index >= 15 is 0 Å². The summed E-state index contributed by atoms with van der Waals surface area (Å²) in [6.45, 7) is 4.82. The van der Waals surface area contributed by atoms with Crippen molar-refractivity contribution in [2.75, 3.05) is 39.4 Å². The Balaban J connectivity index is 1.30. The van der Waals surface area contributed by atoms with E-state index in [-0.39, 0.29) is 5.91 Å². The molecule has 0 saturated carbocycles. The molecule has 4 heterocycles. The molecule has 2 aliphatic rings. The fourth-order valence-electron chi connectivity index (χ4n) is 3.65. The van der Waals surface area contributed by atoms with Gasteiger partial charge in [-0.15, -0.1) is 5.10 Å². The Labute approximate surface area is 171 Å². The molecule has 0 bridgehead atoms. The lowest BCUT2D eigenvalue weighted by Crippen LogP contribution is -2.46. The van der Waals surface area contributed by atoms with Crippen molar-refractivity contribution in [3.63, 3.8) is 0 Å². The minimum Gasteiger partial charge on any atom is -0.453 e. The fraction of sp³-hybridized carbons (Fsp3) is 0.611. The van der Waals surface area contributed by atoms with E-state index in [1.54, 1.807) is 15.8 Å². The van der Waals surface area contributed by atoms with E-state index in [9.17, 15) is 9.90 Å². The molecule has 1 N–H and O–H groups in total. The van der Waals surface area contributed by atoms with Gasteiger partial charge in [0.2, 0.25) is 0 Å². The van der Waals surface area contributed by atoms with Crippen LogP contribution < -0.4 is 0 Å². The SMILES string of the molecule is O=C(c1cn(CC2(O)CCN(Cc3ccc(Br)o3)CC2)nn1)N1CCOCC1. The molecule has 2 aromatic rings. The van der Waals surface area contributed by atoms with E-state index in [0.717, 1.165) is 30.1 Å². The smallest absolute Gasteiger partial charge is 0.276 e. The van der Waals surface area contributed by atoms with Crippen LogP contribution >= 0.6 is 15.9 Å². The third kappa shape index (κ3) is 4.62. The Morgan fingerprint density at radius 2 is 1.96 bits per heavy atom. The highest BCUT2D eigenvalue weighted by Crippen LogP contribution is 2.26. The largest absolute Gasteiger partial charge is 0.453 e. The first-order valence-electron chi connectivity index (χ1n) is 9.47. The van der Waals surface area contributed by atoms with Gasteiger partial charge in [0, 0.05) is 26.2 Å². The van der Waals surface area contributed by atoms with Gasteiger partial charge in [-0.3, -0.25) is 9.69 Å². The fourth-order valence-corrected chi connectivity index (χ4v) is 3.99. The number of piperidine rings is 1. The van der Waals surface area contributed by atoms with Crippen molar-refractivity contribution in [1.82, 2.24) is 24.8 Å². The van der Waals surface area contributed by atoms with Crippen molar-refractivity contribution in [1.29, 1.82) is 0 Å². The quantitative estimate of drug-likeness (QED) is 0.724. The minimum atomic E-state index is -0.854. The van der Waals surface area contributed by atoms with Gasteiger partial charge in [0.25, 0.3) is 5.91 Å². The molecule has 0 unspecified atom stereocenters. The first-order valence-corrected chi connectivity index (χ1v) is 10.3. The number of aromatic nitrogens is 3. The molecule has 0 aromatic carbocycles. The van der Waals surface area contributed by atoms with Gasteiger partial charge in [0.05, 0.1) is 38.1 Å². The van der Waals surface area contributed by atoms with Crippen LogP contribution in [0.15, 0.2) is 27.4 Å². The molecule has 28 heavy (non-hydrogen) atoms. The van der Waals surface area contributed by atoms with E-state index in [2.05, 4.69) is 31.1 Å². The zero-order valence-corrected chi connectivity index (χ0v) is 17.2. The molecule has 2 aliphatic heterocycles. The van der Waals surface area contributed by atoms with Crippen molar-refractivity contribution in [2.45, 2.75) is 31.5 Å². The summed E-state index contributed by atoms with van der Waals surface area (Å²) in [6, 6.07) is 3.84. The highest BCUT2D eigenvalue weighted by Gasteiger charge is 2.34. The molecule has 0 radical (unpaired) electrons. The summed E-state index contributed by atoms with van der Waals surface area (Å²) in [6.07, 6.45) is 2.88. The number of carbonyl (C=O) groups is 1. The summed E-state index contributed by atoms with van der Waals surface area (Å²) in [7, 11) is 0. The first-order chi connectivity index (χ1) is 13.5. The van der Waals surface area contributed by atoms with Gasteiger partial charge in [0.15, 0.2) is 10.4 Å². The third-order valence-corrected chi connectivity index (χ3v) is 5.73. The Bertz CT molecular complexity index is 809. The molecule has 0 atom stereocenters. The number of rotatable bonds is 5. The van der Waals surface area contributed by atoms with Crippen LogP contribution in [0.2, 0.25) is 0 Å². The van der Waals surface area contributed by atoms with Crippen molar-refractivity contribution < 1.29 is 19.1 Å². The van der Waals surface area contributed by atoms with Crippen molar-refractivity contribution in [2.24, 2.45) is 0 Å². The minimum absolute atomic E-state index is 0.138. The molecule has 0 aliphatic carbocycles. The Kier molecular flexibility index (Phi) is 5.81. The van der Waals surface area contributed by atoms with Gasteiger partial charge in [-0.1, -0.05) is 5.21 Å². The van der Waals surface area contributed by atoms with Crippen molar-refractivity contribution in [3.05, 3.63) is 34.5 Å². The molecular formula is C18H24BrN5O4. The number of hydrogen-bond donors (Lipinski definition) is 1. The highest BCUT2D eigenvalue weighted by molar-refractivity contribution is 9.10. The molecule has 2 fully saturated rings. The number of likely N-dealkylation sites (tertiary alicyclic amines) is 1. The molecule has 1 amide bonds. The number of ether oxygens (including phenoxy) is 1. The average Bonchev–Trinajstić information content (AvgIpc) is 3.33. The molecular weight excluding hydrogens is 430 g/mol. The monoisotopic (exact) mass is 453 g/mol. The highest BCUT2D eigenvalue weighted by atomic mass is 79.9. The van der Waals surface area contributed by atoms with Crippen LogP contribution in [0.25, 0.3) is 0 Å². The number of furan rings is 1. The van der Waals surface area contributed by atoms with Gasteiger partial charge < -0.3 is 19.2 Å². The Hall–Kier alpha value is -1.75. The second kappa shape index (κ2) is 8.32. The maximum atomic E-state index is 12.5. The number of aliphatic hydroxyl groups is 1. The van der Waals surface area contributed by atoms with Crippen LogP contribution in [0.5, 0.6) is 0 Å². The third-order valence-electron chi connectivity index (χ3n) is 5.31. The topological polar surface area (TPSA) is 96.9 Å². The van der Waals surface area contributed by atoms with Crippen LogP contribution in [-0.4, -0.2) is 80.8 Å². The van der Waals surface area contributed by atoms with E-state index in [4.69, 9.17) is 9.15 Å². The lowest BCUT2D eigenvalue weighted by atomic mass is 9.91. The molecule has 2 aromatic heterocycles. The van der Waals surface area contributed by atoms with E-state index in [1.165, 1.54) is 0 Å². The summed E-state index contributed by atoms with van der Waals surface area (Å²) < 4.78 is 13.1. The zero-order chi connectivity index (χ0) is 19.6. The number of halogens is 1. The summed E-state index contributed by atoms with van der Waals surface area (Å²) in [5, 5.41) is 19.0. The maximum Gasteiger partial charge on any atom is 0.276 e. The number of morpholine rings is 1. The Morgan fingerprint density at radius 1 is 1.21 bits per heavy atom. The van der Waals surface area contributed by atoms with Crippen LogP contribution in [0, 0.1) is 0 Å². The second-order valence-electron chi connectivity index (χ2n) is 7.41. The van der Waals surface area contributed by atoms with Crippen LogP contribution in [0.1, 0.15) is 29.1 Å². The van der Waals surface area contributed by atoms with Crippen molar-refractivity contribution in [3.8, 4) is 0 Å². The van der Waals surface area contributed by atoms with E-state index < -0.39 is 5.60 Å². The van der Waals surface area contributed by atoms with Crippen LogP contribution in [0.3, 0.4) is 0 Å². The van der Waals surface area contributed by atoms with Crippen LogP contribution in [-0.2, 0) is 17.8 Å². The predicted molar refractivity (Wildman–Crippen MR) is 103 cm³/mol. The molecule has 4 rings (SSSR count). The molecule has 9 nitrogen and oxygen atoms in total. The normalized spacial score (nSPS) is 20.4. The summed E-state index contributed by atoms with van der Waals surface area (Å²) in [5.74, 6) is 0.765. The first kappa shape index (κ1) is 19.6. The van der Waals surface area contributed by atoms with Gasteiger partial charge >= 0.3 is 0 Å². The van der Waals surface area contributed by atoms with Gasteiger partial charge in [-0.25, -0.2) is 4.68 Å². The lowest BCUT2D eigenvalue weighted by Gasteiger charge is -2.37. The summed E-state index contributed by atoms with van der Waals surface area (Å²) >= 11 is 3.32. The average molecular weight is 454 g/mol. The summed E-state index contributed by atoms with van der Waals surface area (Å²) in [4.78, 5) is 16.5.